The average Bonchev–Trinajstić information content (AvgIpc) is 1.82. The minimum absolute atomic E-state index is 0.113. The van der Waals surface area contributed by atoms with Crippen molar-refractivity contribution >= 4 is 17.6 Å². The van der Waals surface area contributed by atoms with Crippen LogP contribution in [-0.2, 0) is 9.53 Å². The highest BCUT2D eigenvalue weighted by molar-refractivity contribution is 6.30. The first-order valence-corrected chi connectivity index (χ1v) is 4.54. The lowest BCUT2D eigenvalue weighted by Gasteiger charge is -2.22. The van der Waals surface area contributed by atoms with Crippen molar-refractivity contribution in [1.29, 1.82) is 0 Å². The maximum absolute atomic E-state index is 11.2. The van der Waals surface area contributed by atoms with E-state index in [1.807, 2.05) is 34.6 Å². The molecule has 1 unspecified atom stereocenters. The fourth-order valence-corrected chi connectivity index (χ4v) is 0.675. The van der Waals surface area contributed by atoms with Crippen molar-refractivity contribution < 1.29 is 9.53 Å². The van der Waals surface area contributed by atoms with E-state index in [1.54, 1.807) is 0 Å². The Labute approximate surface area is 79.2 Å². The quantitative estimate of drug-likeness (QED) is 0.497. The van der Waals surface area contributed by atoms with E-state index in [1.165, 1.54) is 0 Å². The third-order valence-corrected chi connectivity index (χ3v) is 1.90. The number of hydrogen-bond donors (Lipinski definition) is 0. The van der Waals surface area contributed by atoms with Gasteiger partial charge in [-0.25, -0.2) is 0 Å². The van der Waals surface area contributed by atoms with Gasteiger partial charge in [-0.2, -0.15) is 0 Å². The van der Waals surface area contributed by atoms with Gasteiger partial charge in [0.2, 0.25) is 0 Å². The average molecular weight is 193 g/mol. The summed E-state index contributed by atoms with van der Waals surface area (Å²) >= 11 is 5.80. The Morgan fingerprint density at radius 1 is 1.33 bits per heavy atom. The van der Waals surface area contributed by atoms with Gasteiger partial charge in [-0.3, -0.25) is 4.79 Å². The van der Waals surface area contributed by atoms with Gasteiger partial charge in [0, 0.05) is 0 Å². The third kappa shape index (κ3) is 4.60. The first kappa shape index (κ1) is 11.8. The molecule has 0 bridgehead atoms. The monoisotopic (exact) mass is 192 g/mol. The summed E-state index contributed by atoms with van der Waals surface area (Å²) in [5, 5.41) is -0.538. The molecular formula is C9H17ClO2. The Hall–Kier alpha value is -0.240. The van der Waals surface area contributed by atoms with Crippen LogP contribution in [0.4, 0.5) is 0 Å². The molecule has 0 aromatic rings. The maximum Gasteiger partial charge on any atom is 0.324 e. The molecule has 0 spiro atoms. The summed E-state index contributed by atoms with van der Waals surface area (Å²) in [5.74, 6) is -0.222. The predicted octanol–water partition coefficient (Wildman–Crippen LogP) is 2.59. The normalized spacial score (nSPS) is 14.6. The van der Waals surface area contributed by atoms with Crippen molar-refractivity contribution in [3.05, 3.63) is 0 Å². The van der Waals surface area contributed by atoms with Crippen LogP contribution in [0.2, 0.25) is 0 Å². The van der Waals surface area contributed by atoms with Crippen molar-refractivity contribution in [3.8, 4) is 0 Å². The molecule has 2 nitrogen and oxygen atoms in total. The molecule has 0 fully saturated rings. The van der Waals surface area contributed by atoms with E-state index in [4.69, 9.17) is 16.3 Å². The summed E-state index contributed by atoms with van der Waals surface area (Å²) in [6.07, 6.45) is 0. The van der Waals surface area contributed by atoms with Crippen LogP contribution in [0.3, 0.4) is 0 Å². The fourth-order valence-electron chi connectivity index (χ4n) is 0.630. The summed E-state index contributed by atoms with van der Waals surface area (Å²) in [6, 6.07) is 0. The molecule has 0 aromatic heterocycles. The molecule has 0 saturated heterocycles. The van der Waals surface area contributed by atoms with Crippen molar-refractivity contribution in [1.82, 2.24) is 0 Å². The molecule has 0 aromatic carbocycles. The molecule has 12 heavy (non-hydrogen) atoms. The van der Waals surface area contributed by atoms with E-state index in [0.29, 0.717) is 0 Å². The molecule has 0 saturated carbocycles. The Kier molecular flexibility index (Phi) is 4.04. The molecule has 1 atom stereocenters. The van der Waals surface area contributed by atoms with Crippen LogP contribution in [0.1, 0.15) is 34.6 Å². The number of hydrogen-bond acceptors (Lipinski definition) is 2. The summed E-state index contributed by atoms with van der Waals surface area (Å²) in [4.78, 5) is 11.2. The van der Waals surface area contributed by atoms with Gasteiger partial charge in [0.25, 0.3) is 0 Å². The van der Waals surface area contributed by atoms with Gasteiger partial charge in [0.15, 0.2) is 0 Å². The molecule has 0 aliphatic rings. The van der Waals surface area contributed by atoms with Crippen LogP contribution >= 0.6 is 11.6 Å². The lowest BCUT2D eigenvalue weighted by Crippen LogP contribution is -2.31. The minimum atomic E-state index is -0.538. The standard InChI is InChI=1S/C9H17ClO2/c1-6(2)7(10)8(11)12-9(3,4)5/h6-7H,1-5H3. The molecule has 0 aliphatic heterocycles. The van der Waals surface area contributed by atoms with Crippen LogP contribution in [0.15, 0.2) is 0 Å². The van der Waals surface area contributed by atoms with Gasteiger partial charge in [-0.1, -0.05) is 13.8 Å². The van der Waals surface area contributed by atoms with Gasteiger partial charge in [0.05, 0.1) is 0 Å². The van der Waals surface area contributed by atoms with E-state index in [9.17, 15) is 4.79 Å². The molecular weight excluding hydrogens is 176 g/mol. The van der Waals surface area contributed by atoms with E-state index >= 15 is 0 Å². The Balaban J connectivity index is 4.05. The number of carbonyl (C=O) groups excluding carboxylic acids is 1. The number of halogens is 1. The van der Waals surface area contributed by atoms with Crippen molar-refractivity contribution in [3.63, 3.8) is 0 Å². The number of alkyl halides is 1. The SMILES string of the molecule is CC(C)C(Cl)C(=O)OC(C)(C)C. The van der Waals surface area contributed by atoms with Crippen molar-refractivity contribution in [2.45, 2.75) is 45.6 Å². The maximum atomic E-state index is 11.2. The smallest absolute Gasteiger partial charge is 0.324 e. The largest absolute Gasteiger partial charge is 0.459 e. The Morgan fingerprint density at radius 2 is 1.75 bits per heavy atom. The Bertz CT molecular complexity index is 158. The third-order valence-electron chi connectivity index (χ3n) is 1.22. The van der Waals surface area contributed by atoms with E-state index in [-0.39, 0.29) is 11.9 Å². The second-order valence-corrected chi connectivity index (χ2v) is 4.65. The highest BCUT2D eigenvalue weighted by atomic mass is 35.5. The van der Waals surface area contributed by atoms with Crippen LogP contribution in [-0.4, -0.2) is 16.9 Å². The number of esters is 1. The topological polar surface area (TPSA) is 26.3 Å². The van der Waals surface area contributed by atoms with Crippen LogP contribution in [0, 0.1) is 5.92 Å². The lowest BCUT2D eigenvalue weighted by atomic mass is 10.1. The van der Waals surface area contributed by atoms with Crippen LogP contribution in [0.5, 0.6) is 0 Å². The summed E-state index contributed by atoms with van der Waals surface area (Å²) in [5.41, 5.74) is -0.445. The van der Waals surface area contributed by atoms with Gasteiger partial charge in [0.1, 0.15) is 11.0 Å². The van der Waals surface area contributed by atoms with Gasteiger partial charge in [-0.15, -0.1) is 11.6 Å². The molecule has 0 radical (unpaired) electrons. The Morgan fingerprint density at radius 3 is 2.00 bits per heavy atom. The molecule has 0 amide bonds. The zero-order valence-corrected chi connectivity index (χ0v) is 9.11. The fraction of sp³-hybridized carbons (Fsp3) is 0.889. The van der Waals surface area contributed by atoms with Gasteiger partial charge < -0.3 is 4.74 Å². The first-order chi connectivity index (χ1) is 5.24. The van der Waals surface area contributed by atoms with Crippen molar-refractivity contribution in [2.75, 3.05) is 0 Å². The minimum Gasteiger partial charge on any atom is -0.459 e. The number of ether oxygens (including phenoxy) is 1. The lowest BCUT2D eigenvalue weighted by molar-refractivity contribution is -0.155. The second kappa shape index (κ2) is 4.13. The van der Waals surface area contributed by atoms with Crippen LogP contribution in [0.25, 0.3) is 0 Å². The molecule has 0 rings (SSSR count). The molecule has 3 heteroatoms. The molecule has 0 heterocycles. The summed E-state index contributed by atoms with van der Waals surface area (Å²) in [7, 11) is 0. The molecule has 0 N–H and O–H groups in total. The first-order valence-electron chi connectivity index (χ1n) is 4.11. The molecule has 72 valence electrons. The van der Waals surface area contributed by atoms with Gasteiger partial charge in [-0.05, 0) is 26.7 Å². The van der Waals surface area contributed by atoms with E-state index < -0.39 is 11.0 Å². The van der Waals surface area contributed by atoms with Crippen molar-refractivity contribution in [2.24, 2.45) is 5.92 Å². The van der Waals surface area contributed by atoms with E-state index in [0.717, 1.165) is 0 Å². The highest BCUT2D eigenvalue weighted by Crippen LogP contribution is 2.16. The van der Waals surface area contributed by atoms with Crippen LogP contribution < -0.4 is 0 Å². The number of rotatable bonds is 2. The summed E-state index contributed by atoms with van der Waals surface area (Å²) in [6.45, 7) is 9.27. The van der Waals surface area contributed by atoms with Gasteiger partial charge >= 0.3 is 5.97 Å². The predicted molar refractivity (Wildman–Crippen MR) is 50.3 cm³/mol. The highest BCUT2D eigenvalue weighted by Gasteiger charge is 2.25. The second-order valence-electron chi connectivity index (χ2n) is 4.18. The summed E-state index contributed by atoms with van der Waals surface area (Å²) < 4.78 is 5.09. The molecule has 0 aliphatic carbocycles. The number of carbonyl (C=O) groups is 1. The zero-order chi connectivity index (χ0) is 9.94. The zero-order valence-electron chi connectivity index (χ0n) is 8.35. The van der Waals surface area contributed by atoms with E-state index in [2.05, 4.69) is 0 Å².